The molecule has 0 spiro atoms. The van der Waals surface area contributed by atoms with Gasteiger partial charge in [0.2, 0.25) is 11.9 Å². The first kappa shape index (κ1) is 19.1. The van der Waals surface area contributed by atoms with Gasteiger partial charge in [-0.05, 0) is 49.4 Å². The Bertz CT molecular complexity index is 993. The largest absolute Gasteiger partial charge is 0.341 e. The predicted molar refractivity (Wildman–Crippen MR) is 113 cm³/mol. The van der Waals surface area contributed by atoms with Crippen molar-refractivity contribution in [2.75, 3.05) is 12.4 Å². The van der Waals surface area contributed by atoms with E-state index in [-0.39, 0.29) is 5.91 Å². The summed E-state index contributed by atoms with van der Waals surface area (Å²) >= 11 is 0. The molecule has 4 rings (SSSR count). The molecule has 148 valence electrons. The minimum absolute atomic E-state index is 0.0910. The normalized spacial score (nSPS) is 18.0. The second kappa shape index (κ2) is 7.99. The number of nitrogens with zero attached hydrogens (tertiary/aromatic N) is 4. The Morgan fingerprint density at radius 1 is 1.17 bits per heavy atom. The third-order valence-corrected chi connectivity index (χ3v) is 5.51. The van der Waals surface area contributed by atoms with Crippen LogP contribution in [0.25, 0.3) is 0 Å². The second-order valence-corrected chi connectivity index (χ2v) is 7.77. The lowest BCUT2D eigenvalue weighted by Gasteiger charge is -2.36. The number of aromatic nitrogens is 3. The van der Waals surface area contributed by atoms with Gasteiger partial charge >= 0.3 is 0 Å². The van der Waals surface area contributed by atoms with Crippen molar-refractivity contribution < 1.29 is 4.79 Å². The highest BCUT2D eigenvalue weighted by molar-refractivity contribution is 5.88. The first-order chi connectivity index (χ1) is 14.1. The maximum atomic E-state index is 13.5. The molecule has 1 atom stereocenters. The van der Waals surface area contributed by atoms with Crippen molar-refractivity contribution in [1.29, 1.82) is 0 Å². The Hall–Kier alpha value is -3.28. The van der Waals surface area contributed by atoms with Crippen molar-refractivity contribution >= 4 is 17.5 Å². The van der Waals surface area contributed by atoms with Crippen LogP contribution in [0.4, 0.5) is 11.6 Å². The van der Waals surface area contributed by atoms with Crippen LogP contribution in [0.15, 0.2) is 61.1 Å². The maximum absolute atomic E-state index is 13.5. The third-order valence-electron chi connectivity index (χ3n) is 5.51. The van der Waals surface area contributed by atoms with E-state index in [4.69, 9.17) is 4.98 Å². The number of aryl methyl sites for hydroxylation is 1. The zero-order valence-electron chi connectivity index (χ0n) is 16.8. The Kier molecular flexibility index (Phi) is 5.25. The van der Waals surface area contributed by atoms with E-state index in [0.29, 0.717) is 12.5 Å². The Morgan fingerprint density at radius 2 is 2.00 bits per heavy atom. The fraction of sp³-hybridized carbons (Fsp3) is 0.304. The standard InChI is InChI=1S/C23H25N5O/c1-23(21(29)28(2)16-17-8-4-3-5-9-17)12-6-10-18-14-25-22(27-20(18)23)26-19-11-7-13-24-15-19/h3-5,7-9,11,13-15H,6,10,12,16H2,1-2H3,(H,25,26,27). The van der Waals surface area contributed by atoms with Gasteiger partial charge in [0.1, 0.15) is 0 Å². The summed E-state index contributed by atoms with van der Waals surface area (Å²) in [5, 5.41) is 3.19. The SMILES string of the molecule is CN(Cc1ccccc1)C(=O)C1(C)CCCc2cnc(Nc3cccnc3)nc21. The van der Waals surface area contributed by atoms with E-state index in [1.807, 2.05) is 62.6 Å². The van der Waals surface area contributed by atoms with Gasteiger partial charge < -0.3 is 10.2 Å². The lowest BCUT2D eigenvalue weighted by Crippen LogP contribution is -2.45. The number of carbonyl (C=O) groups excluding carboxylic acids is 1. The molecule has 0 aliphatic heterocycles. The van der Waals surface area contributed by atoms with Crippen molar-refractivity contribution in [2.45, 2.75) is 38.1 Å². The number of nitrogens with one attached hydrogen (secondary N) is 1. The fourth-order valence-electron chi connectivity index (χ4n) is 4.00. The number of fused-ring (bicyclic) bond motifs is 1. The number of likely N-dealkylation sites (N-methyl/N-ethyl adjacent to an activating group) is 1. The van der Waals surface area contributed by atoms with Gasteiger partial charge in [0.15, 0.2) is 0 Å². The van der Waals surface area contributed by atoms with Crippen molar-refractivity contribution in [3.05, 3.63) is 77.9 Å². The maximum Gasteiger partial charge on any atom is 0.234 e. The van der Waals surface area contributed by atoms with Crippen LogP contribution in [-0.2, 0) is 23.2 Å². The van der Waals surface area contributed by atoms with Crippen LogP contribution < -0.4 is 5.32 Å². The highest BCUT2D eigenvalue weighted by Gasteiger charge is 2.42. The lowest BCUT2D eigenvalue weighted by atomic mass is 9.73. The minimum Gasteiger partial charge on any atom is -0.341 e. The molecule has 29 heavy (non-hydrogen) atoms. The van der Waals surface area contributed by atoms with Crippen molar-refractivity contribution in [1.82, 2.24) is 19.9 Å². The van der Waals surface area contributed by atoms with Crippen molar-refractivity contribution in [2.24, 2.45) is 0 Å². The fourth-order valence-corrected chi connectivity index (χ4v) is 4.00. The van der Waals surface area contributed by atoms with E-state index in [1.165, 1.54) is 0 Å². The minimum atomic E-state index is -0.661. The topological polar surface area (TPSA) is 71.0 Å². The molecular weight excluding hydrogens is 362 g/mol. The van der Waals surface area contributed by atoms with E-state index in [1.54, 1.807) is 17.3 Å². The predicted octanol–water partition coefficient (Wildman–Crippen LogP) is 3.87. The molecule has 6 nitrogen and oxygen atoms in total. The molecule has 1 unspecified atom stereocenters. The number of benzene rings is 1. The molecule has 0 saturated heterocycles. The van der Waals surface area contributed by atoms with E-state index in [9.17, 15) is 4.79 Å². The van der Waals surface area contributed by atoms with Gasteiger partial charge in [-0.1, -0.05) is 30.3 Å². The molecule has 2 aromatic heterocycles. The molecule has 0 bridgehead atoms. The smallest absolute Gasteiger partial charge is 0.234 e. The number of hydrogen-bond donors (Lipinski definition) is 1. The van der Waals surface area contributed by atoms with Crippen LogP contribution in [0, 0.1) is 0 Å². The van der Waals surface area contributed by atoms with Gasteiger partial charge in [-0.25, -0.2) is 9.97 Å². The van der Waals surface area contributed by atoms with Gasteiger partial charge in [0, 0.05) is 26.0 Å². The molecule has 1 N–H and O–H groups in total. The summed E-state index contributed by atoms with van der Waals surface area (Å²) in [5.41, 5.74) is 3.15. The number of anilines is 2. The average Bonchev–Trinajstić information content (AvgIpc) is 2.75. The molecule has 3 aromatic rings. The monoisotopic (exact) mass is 387 g/mol. The molecule has 6 heteroatoms. The Labute approximate surface area is 171 Å². The summed E-state index contributed by atoms with van der Waals surface area (Å²) in [6.07, 6.45) is 7.92. The van der Waals surface area contributed by atoms with E-state index < -0.39 is 5.41 Å². The molecule has 0 radical (unpaired) electrons. The second-order valence-electron chi connectivity index (χ2n) is 7.77. The summed E-state index contributed by atoms with van der Waals surface area (Å²) in [6, 6.07) is 13.8. The molecule has 1 amide bonds. The van der Waals surface area contributed by atoms with Crippen molar-refractivity contribution in [3.8, 4) is 0 Å². The highest BCUT2D eigenvalue weighted by atomic mass is 16.2. The quantitative estimate of drug-likeness (QED) is 0.720. The first-order valence-corrected chi connectivity index (χ1v) is 9.89. The summed E-state index contributed by atoms with van der Waals surface area (Å²) in [7, 11) is 1.87. The molecule has 1 aliphatic carbocycles. The zero-order chi connectivity index (χ0) is 20.3. The van der Waals surface area contributed by atoms with Gasteiger partial charge in [-0.3, -0.25) is 9.78 Å². The van der Waals surface area contributed by atoms with Crippen LogP contribution >= 0.6 is 0 Å². The van der Waals surface area contributed by atoms with E-state index in [2.05, 4.69) is 15.3 Å². The van der Waals surface area contributed by atoms with Gasteiger partial charge in [0.05, 0.1) is 23.0 Å². The molecule has 1 aromatic carbocycles. The van der Waals surface area contributed by atoms with Gasteiger partial charge in [-0.15, -0.1) is 0 Å². The Morgan fingerprint density at radius 3 is 2.76 bits per heavy atom. The number of amides is 1. The number of pyridine rings is 1. The summed E-state index contributed by atoms with van der Waals surface area (Å²) in [5.74, 6) is 0.580. The van der Waals surface area contributed by atoms with E-state index >= 15 is 0 Å². The number of carbonyl (C=O) groups is 1. The molecule has 2 heterocycles. The molecule has 0 fully saturated rings. The third kappa shape index (κ3) is 3.97. The van der Waals surface area contributed by atoms with Crippen LogP contribution in [0.5, 0.6) is 0 Å². The van der Waals surface area contributed by atoms with Crippen molar-refractivity contribution in [3.63, 3.8) is 0 Å². The van der Waals surface area contributed by atoms with Crippen LogP contribution in [0.1, 0.15) is 36.6 Å². The summed E-state index contributed by atoms with van der Waals surface area (Å²) in [6.45, 7) is 2.59. The zero-order valence-corrected chi connectivity index (χ0v) is 16.8. The van der Waals surface area contributed by atoms with E-state index in [0.717, 1.165) is 41.8 Å². The first-order valence-electron chi connectivity index (χ1n) is 9.89. The van der Waals surface area contributed by atoms with Crippen LogP contribution in [0.3, 0.4) is 0 Å². The van der Waals surface area contributed by atoms with Gasteiger partial charge in [0.25, 0.3) is 0 Å². The van der Waals surface area contributed by atoms with Crippen LogP contribution in [0.2, 0.25) is 0 Å². The average molecular weight is 387 g/mol. The highest BCUT2D eigenvalue weighted by Crippen LogP contribution is 2.38. The number of hydrogen-bond acceptors (Lipinski definition) is 5. The lowest BCUT2D eigenvalue weighted by molar-refractivity contribution is -0.136. The Balaban J connectivity index is 1.61. The number of rotatable bonds is 5. The summed E-state index contributed by atoms with van der Waals surface area (Å²) < 4.78 is 0. The molecule has 1 aliphatic rings. The molecule has 0 saturated carbocycles. The molecular formula is C23H25N5O. The van der Waals surface area contributed by atoms with Gasteiger partial charge in [-0.2, -0.15) is 0 Å². The summed E-state index contributed by atoms with van der Waals surface area (Å²) in [4.78, 5) is 28.6. The van der Waals surface area contributed by atoms with Crippen LogP contribution in [-0.4, -0.2) is 32.8 Å².